The van der Waals surface area contributed by atoms with Crippen molar-refractivity contribution in [3.8, 4) is 11.4 Å². The quantitative estimate of drug-likeness (QED) is 0.465. The molecule has 0 amide bonds. The van der Waals surface area contributed by atoms with Crippen LogP contribution in [0.2, 0.25) is 5.02 Å². The lowest BCUT2D eigenvalue weighted by Crippen LogP contribution is -1.99. The van der Waals surface area contributed by atoms with E-state index in [-0.39, 0.29) is 0 Å². The van der Waals surface area contributed by atoms with E-state index < -0.39 is 0 Å². The van der Waals surface area contributed by atoms with Gasteiger partial charge >= 0.3 is 0 Å². The summed E-state index contributed by atoms with van der Waals surface area (Å²) in [6, 6.07) is 22.1. The first kappa shape index (κ1) is 16.6. The largest absolute Gasteiger partial charge is 0.340 e. The number of benzene rings is 3. The molecule has 3 aromatic carbocycles. The van der Waals surface area contributed by atoms with Crippen molar-refractivity contribution in [2.45, 2.75) is 13.8 Å². The maximum atomic E-state index is 6.27. The van der Waals surface area contributed by atoms with E-state index in [0.717, 1.165) is 38.6 Å². The Kier molecular flexibility index (Phi) is 4.31. The first-order chi connectivity index (χ1) is 12.6. The van der Waals surface area contributed by atoms with Crippen LogP contribution in [0.3, 0.4) is 0 Å². The van der Waals surface area contributed by atoms with Gasteiger partial charge in [-0.05, 0) is 43.7 Å². The van der Waals surface area contributed by atoms with Crippen LogP contribution >= 0.6 is 11.6 Å². The summed E-state index contributed by atoms with van der Waals surface area (Å²) in [5, 5.41) is 5.10. The molecular formula is C22H18ClN3. The molecule has 3 nitrogen and oxygen atoms in total. The highest BCUT2D eigenvalue weighted by Gasteiger charge is 2.10. The molecule has 0 saturated heterocycles. The molecule has 4 aromatic rings. The molecule has 0 saturated carbocycles. The molecule has 1 N–H and O–H groups in total. The molecule has 0 aliphatic carbocycles. The van der Waals surface area contributed by atoms with Crippen LogP contribution in [0.15, 0.2) is 66.7 Å². The van der Waals surface area contributed by atoms with E-state index in [9.17, 15) is 0 Å². The Morgan fingerprint density at radius 3 is 2.38 bits per heavy atom. The van der Waals surface area contributed by atoms with Crippen LogP contribution in [0.4, 0.5) is 11.5 Å². The second-order valence-corrected chi connectivity index (χ2v) is 6.78. The lowest BCUT2D eigenvalue weighted by atomic mass is 10.1. The topological polar surface area (TPSA) is 37.8 Å². The number of fused-ring (bicyclic) bond motifs is 1. The Bertz CT molecular complexity index is 1090. The lowest BCUT2D eigenvalue weighted by molar-refractivity contribution is 1.22. The summed E-state index contributed by atoms with van der Waals surface area (Å²) < 4.78 is 0. The zero-order chi connectivity index (χ0) is 18.1. The molecule has 128 valence electrons. The number of nitrogens with one attached hydrogen (secondary N) is 1. The van der Waals surface area contributed by atoms with Crippen LogP contribution < -0.4 is 5.32 Å². The van der Waals surface area contributed by atoms with Crippen LogP contribution in [-0.2, 0) is 0 Å². The minimum absolute atomic E-state index is 0.699. The number of rotatable bonds is 3. The van der Waals surface area contributed by atoms with Gasteiger partial charge in [0.15, 0.2) is 5.82 Å². The van der Waals surface area contributed by atoms with Crippen molar-refractivity contribution in [3.63, 3.8) is 0 Å². The number of hydrogen-bond donors (Lipinski definition) is 1. The summed E-state index contributed by atoms with van der Waals surface area (Å²) in [4.78, 5) is 9.51. The van der Waals surface area contributed by atoms with Gasteiger partial charge in [-0.25, -0.2) is 9.97 Å². The van der Waals surface area contributed by atoms with Crippen LogP contribution in [0.25, 0.3) is 22.3 Å². The minimum Gasteiger partial charge on any atom is -0.340 e. The molecule has 0 fully saturated rings. The summed E-state index contributed by atoms with van der Waals surface area (Å²) in [5.41, 5.74) is 5.05. The van der Waals surface area contributed by atoms with Crippen LogP contribution in [0, 0.1) is 13.8 Å². The molecule has 0 aliphatic heterocycles. The summed E-state index contributed by atoms with van der Waals surface area (Å²) in [7, 11) is 0. The highest BCUT2D eigenvalue weighted by Crippen LogP contribution is 2.29. The minimum atomic E-state index is 0.699. The number of para-hydroxylation sites is 1. The Hall–Kier alpha value is -2.91. The SMILES string of the molecule is Cc1ccc(-c2nc(Nc3ccc(C)c(Cl)c3)c3ccccc3n2)cc1. The zero-order valence-electron chi connectivity index (χ0n) is 14.6. The van der Waals surface area contributed by atoms with Crippen LogP contribution in [0.5, 0.6) is 0 Å². The molecule has 0 aliphatic rings. The van der Waals surface area contributed by atoms with Gasteiger partial charge in [-0.3, -0.25) is 0 Å². The third kappa shape index (κ3) is 3.26. The average Bonchev–Trinajstić information content (AvgIpc) is 2.65. The molecule has 0 radical (unpaired) electrons. The molecule has 1 heterocycles. The van der Waals surface area contributed by atoms with Crippen LogP contribution in [0.1, 0.15) is 11.1 Å². The Morgan fingerprint density at radius 1 is 0.846 bits per heavy atom. The van der Waals surface area contributed by atoms with Gasteiger partial charge in [0.2, 0.25) is 0 Å². The number of aromatic nitrogens is 2. The first-order valence-corrected chi connectivity index (χ1v) is 8.85. The summed E-state index contributed by atoms with van der Waals surface area (Å²) in [5.74, 6) is 1.47. The Morgan fingerprint density at radius 2 is 1.62 bits per heavy atom. The third-order valence-corrected chi connectivity index (χ3v) is 4.75. The Labute approximate surface area is 157 Å². The third-order valence-electron chi connectivity index (χ3n) is 4.35. The molecule has 0 spiro atoms. The van der Waals surface area contributed by atoms with Gasteiger partial charge in [0, 0.05) is 21.7 Å². The fraction of sp³-hybridized carbons (Fsp3) is 0.0909. The normalized spacial score (nSPS) is 10.9. The average molecular weight is 360 g/mol. The van der Waals surface area contributed by atoms with E-state index in [1.54, 1.807) is 0 Å². The molecule has 1 aromatic heterocycles. The molecule has 26 heavy (non-hydrogen) atoms. The molecule has 0 atom stereocenters. The number of hydrogen-bond acceptors (Lipinski definition) is 3. The summed E-state index contributed by atoms with van der Waals surface area (Å²) >= 11 is 6.27. The van der Waals surface area contributed by atoms with Crippen molar-refractivity contribution in [1.82, 2.24) is 9.97 Å². The maximum absolute atomic E-state index is 6.27. The van der Waals surface area contributed by atoms with E-state index >= 15 is 0 Å². The Balaban J connectivity index is 1.84. The highest BCUT2D eigenvalue weighted by molar-refractivity contribution is 6.31. The van der Waals surface area contributed by atoms with Crippen molar-refractivity contribution in [3.05, 3.63) is 82.9 Å². The second kappa shape index (κ2) is 6.77. The molecule has 4 rings (SSSR count). The number of aryl methyl sites for hydroxylation is 2. The van der Waals surface area contributed by atoms with Crippen molar-refractivity contribution in [2.24, 2.45) is 0 Å². The summed E-state index contributed by atoms with van der Waals surface area (Å²) in [6.07, 6.45) is 0. The van der Waals surface area contributed by atoms with Crippen molar-refractivity contribution < 1.29 is 0 Å². The lowest BCUT2D eigenvalue weighted by Gasteiger charge is -2.12. The van der Waals surface area contributed by atoms with Crippen molar-refractivity contribution in [1.29, 1.82) is 0 Å². The van der Waals surface area contributed by atoms with Gasteiger partial charge < -0.3 is 5.32 Å². The monoisotopic (exact) mass is 359 g/mol. The smallest absolute Gasteiger partial charge is 0.162 e. The second-order valence-electron chi connectivity index (χ2n) is 6.37. The fourth-order valence-corrected chi connectivity index (χ4v) is 2.99. The van der Waals surface area contributed by atoms with Crippen molar-refractivity contribution >= 4 is 34.0 Å². The number of nitrogens with zero attached hydrogens (tertiary/aromatic N) is 2. The zero-order valence-corrected chi connectivity index (χ0v) is 15.4. The van der Waals surface area contributed by atoms with Gasteiger partial charge in [-0.1, -0.05) is 59.6 Å². The van der Waals surface area contributed by atoms with E-state index in [0.29, 0.717) is 5.82 Å². The molecule has 0 bridgehead atoms. The fourth-order valence-electron chi connectivity index (χ4n) is 2.81. The van der Waals surface area contributed by atoms with Gasteiger partial charge in [0.1, 0.15) is 5.82 Å². The predicted molar refractivity (Wildman–Crippen MR) is 109 cm³/mol. The van der Waals surface area contributed by atoms with E-state index in [4.69, 9.17) is 21.6 Å². The predicted octanol–water partition coefficient (Wildman–Crippen LogP) is 6.31. The van der Waals surface area contributed by atoms with E-state index in [1.807, 2.05) is 61.5 Å². The highest BCUT2D eigenvalue weighted by atomic mass is 35.5. The number of halogens is 1. The summed E-state index contributed by atoms with van der Waals surface area (Å²) in [6.45, 7) is 4.06. The standard InChI is InChI=1S/C22H18ClN3/c1-14-7-10-16(11-8-14)21-25-20-6-4-3-5-18(20)22(26-21)24-17-12-9-15(2)19(23)13-17/h3-13H,1-2H3,(H,24,25,26). The first-order valence-electron chi connectivity index (χ1n) is 8.47. The van der Waals surface area contributed by atoms with Crippen molar-refractivity contribution in [2.75, 3.05) is 5.32 Å². The molecule has 4 heteroatoms. The van der Waals surface area contributed by atoms with Crippen LogP contribution in [-0.4, -0.2) is 9.97 Å². The van der Waals surface area contributed by atoms with Gasteiger partial charge in [-0.2, -0.15) is 0 Å². The van der Waals surface area contributed by atoms with Gasteiger partial charge in [-0.15, -0.1) is 0 Å². The number of anilines is 2. The van der Waals surface area contributed by atoms with E-state index in [2.05, 4.69) is 24.4 Å². The molecule has 0 unspecified atom stereocenters. The molecular weight excluding hydrogens is 342 g/mol. The maximum Gasteiger partial charge on any atom is 0.162 e. The van der Waals surface area contributed by atoms with Gasteiger partial charge in [0.25, 0.3) is 0 Å². The van der Waals surface area contributed by atoms with E-state index in [1.165, 1.54) is 5.56 Å². The van der Waals surface area contributed by atoms with Gasteiger partial charge in [0.05, 0.1) is 5.52 Å².